The zero-order chi connectivity index (χ0) is 19.5. The summed E-state index contributed by atoms with van der Waals surface area (Å²) in [5.41, 5.74) is 1.58. The van der Waals surface area contributed by atoms with Crippen LogP contribution < -0.4 is 5.32 Å². The third kappa shape index (κ3) is 3.74. The van der Waals surface area contributed by atoms with Gasteiger partial charge in [-0.15, -0.1) is 11.3 Å². The number of thiophene rings is 1. The summed E-state index contributed by atoms with van der Waals surface area (Å²) in [7, 11) is 0. The van der Waals surface area contributed by atoms with Gasteiger partial charge in [0.1, 0.15) is 33.5 Å². The number of carbonyl (C=O) groups excluding carboxylic acids is 1. The lowest BCUT2D eigenvalue weighted by atomic mass is 10.1. The number of para-hydroxylation sites is 1. The van der Waals surface area contributed by atoms with Gasteiger partial charge in [-0.05, 0) is 17.7 Å². The van der Waals surface area contributed by atoms with Gasteiger partial charge in [0, 0.05) is 10.9 Å². The van der Waals surface area contributed by atoms with Crippen molar-refractivity contribution in [3.63, 3.8) is 0 Å². The SMILES string of the molecule is O=C(CSc1ncnc2scc(-c3ccccc3)c12)Nc1c(F)cccc1F. The summed E-state index contributed by atoms with van der Waals surface area (Å²) in [4.78, 5) is 21.6. The second-order valence-corrected chi connectivity index (χ2v) is 7.63. The average Bonchev–Trinajstić information content (AvgIpc) is 3.15. The number of thioether (sulfide) groups is 1. The molecule has 140 valence electrons. The first kappa shape index (κ1) is 18.5. The zero-order valence-corrected chi connectivity index (χ0v) is 16.0. The minimum atomic E-state index is -0.813. The smallest absolute Gasteiger partial charge is 0.234 e. The van der Waals surface area contributed by atoms with Crippen molar-refractivity contribution in [2.45, 2.75) is 5.03 Å². The first-order chi connectivity index (χ1) is 13.6. The summed E-state index contributed by atoms with van der Waals surface area (Å²) in [6.45, 7) is 0. The van der Waals surface area contributed by atoms with Gasteiger partial charge in [-0.3, -0.25) is 4.79 Å². The van der Waals surface area contributed by atoms with E-state index in [0.29, 0.717) is 5.03 Å². The minimum Gasteiger partial charge on any atom is -0.320 e. The van der Waals surface area contributed by atoms with E-state index in [1.165, 1.54) is 35.5 Å². The molecular formula is C20H13F2N3OS2. The van der Waals surface area contributed by atoms with E-state index in [-0.39, 0.29) is 5.75 Å². The fourth-order valence-electron chi connectivity index (χ4n) is 2.71. The lowest BCUT2D eigenvalue weighted by molar-refractivity contribution is -0.113. The summed E-state index contributed by atoms with van der Waals surface area (Å²) >= 11 is 2.70. The number of carbonyl (C=O) groups is 1. The van der Waals surface area contributed by atoms with Crippen LogP contribution in [0, 0.1) is 11.6 Å². The maximum atomic E-state index is 13.7. The van der Waals surface area contributed by atoms with Crippen LogP contribution in [0.15, 0.2) is 65.3 Å². The van der Waals surface area contributed by atoms with Gasteiger partial charge in [-0.1, -0.05) is 48.2 Å². The Labute approximate surface area is 167 Å². The van der Waals surface area contributed by atoms with Crippen LogP contribution in [0.2, 0.25) is 0 Å². The molecule has 0 saturated heterocycles. The Kier molecular flexibility index (Phi) is 5.31. The van der Waals surface area contributed by atoms with Gasteiger partial charge in [-0.2, -0.15) is 0 Å². The molecule has 2 heterocycles. The number of fused-ring (bicyclic) bond motifs is 1. The monoisotopic (exact) mass is 413 g/mol. The van der Waals surface area contributed by atoms with E-state index in [0.717, 1.165) is 33.5 Å². The third-order valence-corrected chi connectivity index (χ3v) is 5.86. The summed E-state index contributed by atoms with van der Waals surface area (Å²) in [5.74, 6) is -2.18. The Morgan fingerprint density at radius 2 is 1.79 bits per heavy atom. The molecule has 1 amide bonds. The molecule has 0 aliphatic carbocycles. The third-order valence-electron chi connectivity index (χ3n) is 3.99. The number of hydrogen-bond acceptors (Lipinski definition) is 5. The Morgan fingerprint density at radius 3 is 2.54 bits per heavy atom. The van der Waals surface area contributed by atoms with E-state index in [1.54, 1.807) is 0 Å². The second-order valence-electron chi connectivity index (χ2n) is 5.81. The summed E-state index contributed by atoms with van der Waals surface area (Å²) in [5, 5.41) is 5.81. The van der Waals surface area contributed by atoms with E-state index in [4.69, 9.17) is 0 Å². The van der Waals surface area contributed by atoms with Crippen molar-refractivity contribution >= 4 is 44.9 Å². The molecule has 2 aromatic heterocycles. The molecule has 2 aromatic carbocycles. The highest BCUT2D eigenvalue weighted by atomic mass is 32.2. The van der Waals surface area contributed by atoms with Gasteiger partial charge in [0.25, 0.3) is 0 Å². The highest BCUT2D eigenvalue weighted by molar-refractivity contribution is 8.00. The molecule has 0 aliphatic heterocycles. The van der Waals surface area contributed by atoms with Crippen molar-refractivity contribution in [2.24, 2.45) is 0 Å². The van der Waals surface area contributed by atoms with Crippen molar-refractivity contribution in [1.82, 2.24) is 9.97 Å². The van der Waals surface area contributed by atoms with E-state index in [2.05, 4.69) is 15.3 Å². The number of rotatable bonds is 5. The zero-order valence-electron chi connectivity index (χ0n) is 14.4. The molecule has 0 radical (unpaired) electrons. The van der Waals surface area contributed by atoms with Gasteiger partial charge in [-0.25, -0.2) is 18.7 Å². The fraction of sp³-hybridized carbons (Fsp3) is 0.0500. The van der Waals surface area contributed by atoms with Gasteiger partial charge in [0.2, 0.25) is 5.91 Å². The summed E-state index contributed by atoms with van der Waals surface area (Å²) in [6, 6.07) is 13.3. The molecule has 4 aromatic rings. The van der Waals surface area contributed by atoms with Crippen LogP contribution in [0.4, 0.5) is 14.5 Å². The van der Waals surface area contributed by atoms with Crippen molar-refractivity contribution in [2.75, 3.05) is 11.1 Å². The van der Waals surface area contributed by atoms with E-state index in [1.807, 2.05) is 35.7 Å². The Bertz CT molecular complexity index is 1130. The molecule has 0 fully saturated rings. The van der Waals surface area contributed by atoms with Gasteiger partial charge >= 0.3 is 0 Å². The lowest BCUT2D eigenvalue weighted by Gasteiger charge is -2.08. The summed E-state index contributed by atoms with van der Waals surface area (Å²) < 4.78 is 27.4. The van der Waals surface area contributed by atoms with Crippen LogP contribution in [0.1, 0.15) is 0 Å². The predicted octanol–water partition coefficient (Wildman–Crippen LogP) is 5.37. The van der Waals surface area contributed by atoms with Crippen molar-refractivity contribution < 1.29 is 13.6 Å². The molecule has 0 atom stereocenters. The van der Waals surface area contributed by atoms with Crippen LogP contribution in [0.3, 0.4) is 0 Å². The molecule has 28 heavy (non-hydrogen) atoms. The fourth-order valence-corrected chi connectivity index (χ4v) is 4.51. The maximum Gasteiger partial charge on any atom is 0.234 e. The van der Waals surface area contributed by atoms with Crippen LogP contribution >= 0.6 is 23.1 Å². The molecule has 4 rings (SSSR count). The number of nitrogens with one attached hydrogen (secondary N) is 1. The minimum absolute atomic E-state index is 0.0377. The first-order valence-corrected chi connectivity index (χ1v) is 10.1. The first-order valence-electron chi connectivity index (χ1n) is 8.28. The molecule has 0 aliphatic rings. The number of anilines is 1. The van der Waals surface area contributed by atoms with Crippen molar-refractivity contribution in [3.8, 4) is 11.1 Å². The number of halogens is 2. The largest absolute Gasteiger partial charge is 0.320 e. The van der Waals surface area contributed by atoms with E-state index in [9.17, 15) is 13.6 Å². The molecular weight excluding hydrogens is 400 g/mol. The number of hydrogen-bond donors (Lipinski definition) is 1. The van der Waals surface area contributed by atoms with Gasteiger partial charge in [0.05, 0.1) is 11.1 Å². The highest BCUT2D eigenvalue weighted by Crippen LogP contribution is 2.37. The predicted molar refractivity (Wildman–Crippen MR) is 109 cm³/mol. The Hall–Kier alpha value is -2.84. The normalized spacial score (nSPS) is 10.9. The molecule has 8 heteroatoms. The molecule has 0 bridgehead atoms. The quantitative estimate of drug-likeness (QED) is 0.353. The molecule has 4 nitrogen and oxygen atoms in total. The lowest BCUT2D eigenvalue weighted by Crippen LogP contribution is -2.16. The Morgan fingerprint density at radius 1 is 1.04 bits per heavy atom. The van der Waals surface area contributed by atoms with Crippen LogP contribution in [-0.2, 0) is 4.79 Å². The number of nitrogens with zero attached hydrogens (tertiary/aromatic N) is 2. The molecule has 0 spiro atoms. The van der Waals surface area contributed by atoms with Gasteiger partial charge < -0.3 is 5.32 Å². The number of benzene rings is 2. The maximum absolute atomic E-state index is 13.7. The van der Waals surface area contributed by atoms with Crippen molar-refractivity contribution in [3.05, 3.63) is 71.9 Å². The van der Waals surface area contributed by atoms with Crippen LogP contribution in [0.5, 0.6) is 0 Å². The van der Waals surface area contributed by atoms with E-state index < -0.39 is 23.2 Å². The molecule has 0 saturated carbocycles. The molecule has 0 unspecified atom stereocenters. The Balaban J connectivity index is 1.57. The van der Waals surface area contributed by atoms with Gasteiger partial charge in [0.15, 0.2) is 0 Å². The van der Waals surface area contributed by atoms with E-state index >= 15 is 0 Å². The number of aromatic nitrogens is 2. The summed E-state index contributed by atoms with van der Waals surface area (Å²) in [6.07, 6.45) is 1.45. The topological polar surface area (TPSA) is 54.9 Å². The average molecular weight is 413 g/mol. The van der Waals surface area contributed by atoms with Crippen LogP contribution in [-0.4, -0.2) is 21.6 Å². The molecule has 1 N–H and O–H groups in total. The standard InChI is InChI=1S/C20H13F2N3OS2/c21-14-7-4-8-15(22)18(14)25-16(26)10-28-20-17-13(12-5-2-1-3-6-12)9-27-19(17)23-11-24-20/h1-9,11H,10H2,(H,25,26). The highest BCUT2D eigenvalue weighted by Gasteiger charge is 2.16. The van der Waals surface area contributed by atoms with Crippen LogP contribution in [0.25, 0.3) is 21.3 Å². The second kappa shape index (κ2) is 8.04. The van der Waals surface area contributed by atoms with Crippen molar-refractivity contribution in [1.29, 1.82) is 0 Å². The number of amides is 1.